The van der Waals surface area contributed by atoms with E-state index in [0.717, 1.165) is 25.9 Å². The van der Waals surface area contributed by atoms with Gasteiger partial charge in [-0.25, -0.2) is 0 Å². The van der Waals surface area contributed by atoms with E-state index in [9.17, 15) is 0 Å². The molecule has 1 N–H and O–H groups in total. The van der Waals surface area contributed by atoms with Crippen molar-refractivity contribution in [2.75, 3.05) is 6.61 Å². The number of aryl methyl sites for hydroxylation is 1. The van der Waals surface area contributed by atoms with Crippen LogP contribution in [0.15, 0.2) is 6.20 Å². The Kier molecular flexibility index (Phi) is 2.64. The van der Waals surface area contributed by atoms with Gasteiger partial charge in [0, 0.05) is 6.61 Å². The zero-order valence-corrected chi connectivity index (χ0v) is 8.05. The van der Waals surface area contributed by atoms with Crippen molar-refractivity contribution in [3.8, 4) is 0 Å². The summed E-state index contributed by atoms with van der Waals surface area (Å²) in [6, 6.07) is 0. The number of nitrogens with zero attached hydrogens (tertiary/aromatic N) is 1. The Hall–Kier alpha value is -0.830. The van der Waals surface area contributed by atoms with Crippen LogP contribution < -0.4 is 0 Å². The first kappa shape index (κ1) is 8.75. The fourth-order valence-electron chi connectivity index (χ4n) is 1.85. The van der Waals surface area contributed by atoms with E-state index in [1.807, 2.05) is 6.20 Å². The number of hydrogen-bond acceptors (Lipinski definition) is 2. The number of aromatic nitrogens is 2. The van der Waals surface area contributed by atoms with Gasteiger partial charge in [0.2, 0.25) is 0 Å². The second-order valence-corrected chi connectivity index (χ2v) is 3.56. The Morgan fingerprint density at radius 2 is 2.62 bits per heavy atom. The van der Waals surface area contributed by atoms with Crippen LogP contribution in [0.25, 0.3) is 0 Å². The Morgan fingerprint density at radius 3 is 3.46 bits per heavy atom. The third-order valence-electron chi connectivity index (χ3n) is 2.51. The van der Waals surface area contributed by atoms with Crippen molar-refractivity contribution in [1.29, 1.82) is 0 Å². The second kappa shape index (κ2) is 3.92. The molecule has 0 fully saturated rings. The van der Waals surface area contributed by atoms with Crippen molar-refractivity contribution in [3.63, 3.8) is 0 Å². The summed E-state index contributed by atoms with van der Waals surface area (Å²) < 4.78 is 5.75. The van der Waals surface area contributed by atoms with Crippen LogP contribution in [-0.4, -0.2) is 16.8 Å². The molecule has 1 aromatic heterocycles. The summed E-state index contributed by atoms with van der Waals surface area (Å²) in [6.45, 7) is 2.99. The minimum atomic E-state index is 0.270. The molecule has 1 aliphatic carbocycles. The topological polar surface area (TPSA) is 37.9 Å². The molecule has 1 aromatic rings. The van der Waals surface area contributed by atoms with Crippen LogP contribution in [0, 0.1) is 0 Å². The van der Waals surface area contributed by atoms with Gasteiger partial charge < -0.3 is 4.74 Å². The van der Waals surface area contributed by atoms with E-state index in [1.165, 1.54) is 17.7 Å². The minimum absolute atomic E-state index is 0.270. The molecule has 0 amide bonds. The highest BCUT2D eigenvalue weighted by molar-refractivity contribution is 5.21. The SMILES string of the molecule is CCCOC1CCCc2cn[nH]c21. The maximum absolute atomic E-state index is 5.75. The zero-order chi connectivity index (χ0) is 9.10. The van der Waals surface area contributed by atoms with Gasteiger partial charge in [-0.3, -0.25) is 5.10 Å². The molecule has 0 aromatic carbocycles. The molecular formula is C10H16N2O. The first-order valence-corrected chi connectivity index (χ1v) is 5.05. The van der Waals surface area contributed by atoms with Gasteiger partial charge in [-0.05, 0) is 31.2 Å². The number of H-pyrrole nitrogens is 1. The molecule has 1 aliphatic rings. The predicted molar refractivity (Wildman–Crippen MR) is 50.5 cm³/mol. The quantitative estimate of drug-likeness (QED) is 0.774. The van der Waals surface area contributed by atoms with E-state index in [2.05, 4.69) is 17.1 Å². The molecule has 3 heteroatoms. The highest BCUT2D eigenvalue weighted by Crippen LogP contribution is 2.30. The molecule has 0 saturated carbocycles. The lowest BCUT2D eigenvalue weighted by molar-refractivity contribution is 0.0383. The Bertz CT molecular complexity index is 270. The molecule has 0 radical (unpaired) electrons. The maximum Gasteiger partial charge on any atom is 0.0991 e. The van der Waals surface area contributed by atoms with Gasteiger partial charge in [0.1, 0.15) is 0 Å². The van der Waals surface area contributed by atoms with Crippen LogP contribution in [0.1, 0.15) is 43.5 Å². The molecule has 0 spiro atoms. The molecule has 0 saturated heterocycles. The van der Waals surface area contributed by atoms with Crippen molar-refractivity contribution in [2.45, 2.75) is 38.7 Å². The fraction of sp³-hybridized carbons (Fsp3) is 0.700. The fourth-order valence-corrected chi connectivity index (χ4v) is 1.85. The average molecular weight is 180 g/mol. The summed E-state index contributed by atoms with van der Waals surface area (Å²) in [5.41, 5.74) is 2.55. The molecular weight excluding hydrogens is 164 g/mol. The van der Waals surface area contributed by atoms with Crippen molar-refractivity contribution in [3.05, 3.63) is 17.5 Å². The maximum atomic E-state index is 5.75. The van der Waals surface area contributed by atoms with Crippen LogP contribution in [0.3, 0.4) is 0 Å². The van der Waals surface area contributed by atoms with Crippen molar-refractivity contribution in [2.24, 2.45) is 0 Å². The highest BCUT2D eigenvalue weighted by Gasteiger charge is 2.21. The van der Waals surface area contributed by atoms with Crippen LogP contribution in [0.2, 0.25) is 0 Å². The lowest BCUT2D eigenvalue weighted by Crippen LogP contribution is -2.12. The summed E-state index contributed by atoms with van der Waals surface area (Å²) in [5.74, 6) is 0. The van der Waals surface area contributed by atoms with Crippen molar-refractivity contribution >= 4 is 0 Å². The van der Waals surface area contributed by atoms with Crippen LogP contribution in [0.4, 0.5) is 0 Å². The lowest BCUT2D eigenvalue weighted by atomic mass is 9.96. The number of fused-ring (bicyclic) bond motifs is 1. The largest absolute Gasteiger partial charge is 0.372 e. The molecule has 2 rings (SSSR count). The normalized spacial score (nSPS) is 21.5. The first-order chi connectivity index (χ1) is 6.42. The monoisotopic (exact) mass is 180 g/mol. The third-order valence-corrected chi connectivity index (χ3v) is 2.51. The Labute approximate surface area is 78.5 Å². The van der Waals surface area contributed by atoms with E-state index >= 15 is 0 Å². The summed E-state index contributed by atoms with van der Waals surface area (Å²) in [4.78, 5) is 0. The highest BCUT2D eigenvalue weighted by atomic mass is 16.5. The molecule has 0 bridgehead atoms. The molecule has 3 nitrogen and oxygen atoms in total. The van der Waals surface area contributed by atoms with E-state index in [1.54, 1.807) is 0 Å². The number of nitrogens with one attached hydrogen (secondary N) is 1. The standard InChI is InChI=1S/C10H16N2O/c1-2-6-13-9-5-3-4-8-7-11-12-10(8)9/h7,9H,2-6H2,1H3,(H,11,12). The van der Waals surface area contributed by atoms with Crippen LogP contribution in [-0.2, 0) is 11.2 Å². The van der Waals surface area contributed by atoms with Gasteiger partial charge in [0.15, 0.2) is 0 Å². The van der Waals surface area contributed by atoms with Crippen molar-refractivity contribution in [1.82, 2.24) is 10.2 Å². The molecule has 1 atom stereocenters. The molecule has 1 heterocycles. The number of hydrogen-bond donors (Lipinski definition) is 1. The van der Waals surface area contributed by atoms with Gasteiger partial charge in [-0.15, -0.1) is 0 Å². The van der Waals surface area contributed by atoms with Crippen LogP contribution >= 0.6 is 0 Å². The number of rotatable bonds is 3. The smallest absolute Gasteiger partial charge is 0.0991 e. The average Bonchev–Trinajstić information content (AvgIpc) is 2.62. The molecule has 1 unspecified atom stereocenters. The van der Waals surface area contributed by atoms with Gasteiger partial charge >= 0.3 is 0 Å². The minimum Gasteiger partial charge on any atom is -0.372 e. The van der Waals surface area contributed by atoms with E-state index in [0.29, 0.717) is 0 Å². The van der Waals surface area contributed by atoms with Gasteiger partial charge in [-0.1, -0.05) is 6.92 Å². The Balaban J connectivity index is 2.07. The molecule has 13 heavy (non-hydrogen) atoms. The van der Waals surface area contributed by atoms with Gasteiger partial charge in [0.25, 0.3) is 0 Å². The number of aromatic amines is 1. The summed E-state index contributed by atoms with van der Waals surface area (Å²) in [7, 11) is 0. The summed E-state index contributed by atoms with van der Waals surface area (Å²) >= 11 is 0. The second-order valence-electron chi connectivity index (χ2n) is 3.56. The Morgan fingerprint density at radius 1 is 1.69 bits per heavy atom. The van der Waals surface area contributed by atoms with Gasteiger partial charge in [0.05, 0.1) is 18.0 Å². The summed E-state index contributed by atoms with van der Waals surface area (Å²) in [6.07, 6.45) is 6.79. The first-order valence-electron chi connectivity index (χ1n) is 5.05. The third kappa shape index (κ3) is 1.75. The molecule has 0 aliphatic heterocycles. The summed E-state index contributed by atoms with van der Waals surface area (Å²) in [5, 5.41) is 7.10. The lowest BCUT2D eigenvalue weighted by Gasteiger charge is -2.21. The number of ether oxygens (including phenoxy) is 1. The van der Waals surface area contributed by atoms with E-state index in [4.69, 9.17) is 4.74 Å². The predicted octanol–water partition coefficient (Wildman–Crippen LogP) is 2.21. The van der Waals surface area contributed by atoms with E-state index in [-0.39, 0.29) is 6.10 Å². The van der Waals surface area contributed by atoms with Crippen molar-refractivity contribution < 1.29 is 4.74 Å². The zero-order valence-electron chi connectivity index (χ0n) is 8.05. The van der Waals surface area contributed by atoms with Crippen LogP contribution in [0.5, 0.6) is 0 Å². The molecule has 72 valence electrons. The van der Waals surface area contributed by atoms with Gasteiger partial charge in [-0.2, -0.15) is 5.10 Å². The van der Waals surface area contributed by atoms with E-state index < -0.39 is 0 Å².